The van der Waals surface area contributed by atoms with Gasteiger partial charge in [-0.3, -0.25) is 8.37 Å². The summed E-state index contributed by atoms with van der Waals surface area (Å²) in [6.07, 6.45) is 0.0868. The molecule has 3 atom stereocenters. The van der Waals surface area contributed by atoms with Gasteiger partial charge in [-0.1, -0.05) is 30.3 Å². The first-order valence-corrected chi connectivity index (χ1v) is 12.7. The van der Waals surface area contributed by atoms with Crippen molar-refractivity contribution in [1.82, 2.24) is 0 Å². The maximum atomic E-state index is 11.4. The van der Waals surface area contributed by atoms with Gasteiger partial charge in [0.2, 0.25) is 0 Å². The van der Waals surface area contributed by atoms with E-state index >= 15 is 0 Å². The van der Waals surface area contributed by atoms with Gasteiger partial charge in [-0.15, -0.1) is 0 Å². The Kier molecular flexibility index (Phi) is 8.19. The molecule has 0 aliphatic carbocycles. The maximum absolute atomic E-state index is 11.4. The van der Waals surface area contributed by atoms with Gasteiger partial charge < -0.3 is 14.2 Å². The quantitative estimate of drug-likeness (QED) is 0.460. The van der Waals surface area contributed by atoms with Crippen LogP contribution in [0.5, 0.6) is 0 Å². The average molecular weight is 453 g/mol. The molecule has 0 amide bonds. The molecule has 1 aliphatic rings. The van der Waals surface area contributed by atoms with Crippen molar-refractivity contribution in [2.45, 2.75) is 51.0 Å². The van der Waals surface area contributed by atoms with Gasteiger partial charge in [0.05, 0.1) is 38.4 Å². The van der Waals surface area contributed by atoms with E-state index in [1.54, 1.807) is 13.8 Å². The van der Waals surface area contributed by atoms with Gasteiger partial charge in [0.15, 0.2) is 5.79 Å². The van der Waals surface area contributed by atoms with Crippen molar-refractivity contribution in [1.29, 1.82) is 0 Å². The molecular weight excluding hydrogens is 424 g/mol. The zero-order valence-corrected chi connectivity index (χ0v) is 18.6. The van der Waals surface area contributed by atoms with Crippen LogP contribution in [0.1, 0.15) is 25.8 Å². The summed E-state index contributed by atoms with van der Waals surface area (Å²) < 4.78 is 72.8. The molecular formula is C18H28O9S2. The minimum Gasteiger partial charge on any atom is -0.371 e. The van der Waals surface area contributed by atoms with E-state index in [0.29, 0.717) is 0 Å². The molecule has 9 nitrogen and oxygen atoms in total. The second-order valence-electron chi connectivity index (χ2n) is 7.28. The first-order valence-electron chi connectivity index (χ1n) is 9.05. The van der Waals surface area contributed by atoms with Gasteiger partial charge in [0.1, 0.15) is 12.2 Å². The minimum atomic E-state index is -3.67. The third-order valence-corrected chi connectivity index (χ3v) is 5.20. The Morgan fingerprint density at radius 3 is 2.21 bits per heavy atom. The predicted molar refractivity (Wildman–Crippen MR) is 105 cm³/mol. The van der Waals surface area contributed by atoms with Crippen molar-refractivity contribution in [2.24, 2.45) is 0 Å². The fraction of sp³-hybridized carbons (Fsp3) is 0.667. The Labute approximate surface area is 172 Å². The van der Waals surface area contributed by atoms with Crippen LogP contribution >= 0.6 is 0 Å². The highest BCUT2D eigenvalue weighted by Gasteiger charge is 2.46. The average Bonchev–Trinajstić information content (AvgIpc) is 2.90. The van der Waals surface area contributed by atoms with Crippen molar-refractivity contribution in [3.8, 4) is 0 Å². The molecule has 11 heteroatoms. The van der Waals surface area contributed by atoms with Crippen molar-refractivity contribution in [3.63, 3.8) is 0 Å². The highest BCUT2D eigenvalue weighted by molar-refractivity contribution is 7.86. The monoisotopic (exact) mass is 452 g/mol. The molecule has 166 valence electrons. The Morgan fingerprint density at radius 1 is 1.00 bits per heavy atom. The SMILES string of the molecule is CC1(C)O[C@@H]([C@@H](CCOS(C)(=O)=O)OCc2ccccc2)[C@@H](COS(C)(=O)=O)O1. The lowest BCUT2D eigenvalue weighted by Crippen LogP contribution is -2.40. The molecule has 0 N–H and O–H groups in total. The Morgan fingerprint density at radius 2 is 1.62 bits per heavy atom. The molecule has 2 rings (SSSR count). The highest BCUT2D eigenvalue weighted by Crippen LogP contribution is 2.32. The summed E-state index contributed by atoms with van der Waals surface area (Å²) >= 11 is 0. The second kappa shape index (κ2) is 9.82. The van der Waals surface area contributed by atoms with Crippen LogP contribution in [0.3, 0.4) is 0 Å². The van der Waals surface area contributed by atoms with E-state index in [2.05, 4.69) is 0 Å². The lowest BCUT2D eigenvalue weighted by molar-refractivity contribution is -0.162. The Balaban J connectivity index is 2.13. The van der Waals surface area contributed by atoms with E-state index in [1.807, 2.05) is 30.3 Å². The van der Waals surface area contributed by atoms with Crippen molar-refractivity contribution in [3.05, 3.63) is 35.9 Å². The summed E-state index contributed by atoms with van der Waals surface area (Å²) in [6.45, 7) is 3.29. The molecule has 1 heterocycles. The molecule has 0 aromatic heterocycles. The number of rotatable bonds is 11. The summed E-state index contributed by atoms with van der Waals surface area (Å²) in [5.41, 5.74) is 0.920. The largest absolute Gasteiger partial charge is 0.371 e. The van der Waals surface area contributed by atoms with E-state index in [9.17, 15) is 16.8 Å². The van der Waals surface area contributed by atoms with Crippen LogP contribution < -0.4 is 0 Å². The summed E-state index contributed by atoms with van der Waals surface area (Å²) in [5, 5.41) is 0. The normalized spacial score (nSPS) is 23.2. The second-order valence-corrected chi connectivity index (χ2v) is 10.6. The fourth-order valence-corrected chi connectivity index (χ4v) is 3.71. The van der Waals surface area contributed by atoms with Gasteiger partial charge in [0, 0.05) is 6.42 Å². The first kappa shape index (κ1) is 24.2. The summed E-state index contributed by atoms with van der Waals surface area (Å²) in [4.78, 5) is 0. The van der Waals surface area contributed by atoms with Gasteiger partial charge in [-0.25, -0.2) is 0 Å². The molecule has 1 saturated heterocycles. The molecule has 0 bridgehead atoms. The van der Waals surface area contributed by atoms with Crippen LogP contribution in [0.25, 0.3) is 0 Å². The highest BCUT2D eigenvalue weighted by atomic mass is 32.2. The summed E-state index contributed by atoms with van der Waals surface area (Å²) in [6, 6.07) is 9.42. The molecule has 0 unspecified atom stereocenters. The zero-order valence-electron chi connectivity index (χ0n) is 16.9. The van der Waals surface area contributed by atoms with Crippen LogP contribution in [0.15, 0.2) is 30.3 Å². The molecule has 1 aromatic rings. The predicted octanol–water partition coefficient (Wildman–Crippen LogP) is 1.43. The standard InChI is InChI=1S/C18H28O9S2/c1-18(2)26-16(13-25-29(4,21)22)17(27-18)15(10-11-24-28(3,19)20)23-12-14-8-6-5-7-9-14/h5-9,15-17H,10-13H2,1-4H3/t15-,16-,17+/m1/s1. The Bertz CT molecular complexity index is 851. The summed E-state index contributed by atoms with van der Waals surface area (Å²) in [5.74, 6) is -0.984. The van der Waals surface area contributed by atoms with Crippen LogP contribution in [-0.2, 0) is 49.4 Å². The van der Waals surface area contributed by atoms with E-state index < -0.39 is 44.3 Å². The fourth-order valence-electron chi connectivity index (χ4n) is 2.93. The van der Waals surface area contributed by atoms with E-state index in [0.717, 1.165) is 18.1 Å². The number of benzene rings is 1. The lowest BCUT2D eigenvalue weighted by atomic mass is 10.1. The minimum absolute atomic E-state index is 0.113. The van der Waals surface area contributed by atoms with E-state index in [1.165, 1.54) is 0 Å². The van der Waals surface area contributed by atoms with Crippen LogP contribution in [0.4, 0.5) is 0 Å². The van der Waals surface area contributed by atoms with Crippen LogP contribution in [-0.4, -0.2) is 66.7 Å². The molecule has 1 aromatic carbocycles. The van der Waals surface area contributed by atoms with Gasteiger partial charge >= 0.3 is 0 Å². The smallest absolute Gasteiger partial charge is 0.264 e. The first-order chi connectivity index (χ1) is 13.3. The Hall–Kier alpha value is -1.08. The van der Waals surface area contributed by atoms with Gasteiger partial charge in [-0.05, 0) is 19.4 Å². The number of hydrogen-bond donors (Lipinski definition) is 0. The van der Waals surface area contributed by atoms with Crippen molar-refractivity contribution < 1.29 is 39.4 Å². The lowest BCUT2D eigenvalue weighted by Gasteiger charge is -2.26. The third-order valence-electron chi connectivity index (χ3n) is 4.04. The van der Waals surface area contributed by atoms with Crippen molar-refractivity contribution in [2.75, 3.05) is 25.7 Å². The number of hydrogen-bond acceptors (Lipinski definition) is 9. The molecule has 1 aliphatic heterocycles. The van der Waals surface area contributed by atoms with Gasteiger partial charge in [-0.2, -0.15) is 16.8 Å². The molecule has 0 radical (unpaired) electrons. The molecule has 0 saturated carbocycles. The molecule has 0 spiro atoms. The summed E-state index contributed by atoms with van der Waals surface area (Å²) in [7, 11) is -7.28. The molecule has 1 fully saturated rings. The van der Waals surface area contributed by atoms with E-state index in [4.69, 9.17) is 22.6 Å². The van der Waals surface area contributed by atoms with Crippen LogP contribution in [0.2, 0.25) is 0 Å². The number of ether oxygens (including phenoxy) is 3. The topological polar surface area (TPSA) is 114 Å². The van der Waals surface area contributed by atoms with Crippen molar-refractivity contribution >= 4 is 20.2 Å². The molecule has 29 heavy (non-hydrogen) atoms. The zero-order chi connectivity index (χ0) is 21.7. The van der Waals surface area contributed by atoms with Gasteiger partial charge in [0.25, 0.3) is 20.2 Å². The van der Waals surface area contributed by atoms with E-state index in [-0.39, 0.29) is 26.2 Å². The van der Waals surface area contributed by atoms with Crippen LogP contribution in [0, 0.1) is 0 Å². The maximum Gasteiger partial charge on any atom is 0.264 e. The third kappa shape index (κ3) is 9.08.